The Balaban J connectivity index is 2.40. The first kappa shape index (κ1) is 20.8. The Kier molecular flexibility index (Phi) is 6.15. The molecule has 2 aromatic carbocycles. The highest BCUT2D eigenvalue weighted by molar-refractivity contribution is 7.92. The van der Waals surface area contributed by atoms with Crippen LogP contribution in [0.25, 0.3) is 0 Å². The maximum atomic E-state index is 12.9. The van der Waals surface area contributed by atoms with Gasteiger partial charge in [-0.3, -0.25) is 9.10 Å². The topological polar surface area (TPSA) is 75.7 Å². The molecule has 1 atom stereocenters. The Bertz CT molecular complexity index is 934. The van der Waals surface area contributed by atoms with Crippen LogP contribution in [0.4, 0.5) is 11.4 Å². The van der Waals surface area contributed by atoms with Crippen molar-refractivity contribution < 1.29 is 17.9 Å². The average molecular weight is 391 g/mol. The number of carbonyl (C=O) groups is 1. The first-order valence-electron chi connectivity index (χ1n) is 8.56. The molecule has 0 fully saturated rings. The number of ether oxygens (including phenoxy) is 1. The van der Waals surface area contributed by atoms with Crippen LogP contribution in [0.15, 0.2) is 36.4 Å². The second kappa shape index (κ2) is 8.00. The van der Waals surface area contributed by atoms with Crippen molar-refractivity contribution >= 4 is 27.3 Å². The Morgan fingerprint density at radius 2 is 1.63 bits per heavy atom. The Morgan fingerprint density at radius 1 is 1.04 bits per heavy atom. The SMILES string of the molecule is COc1ccc(C)cc1NC(=O)C(C)N(c1cc(C)cc(C)c1)S(C)(=O)=O. The highest BCUT2D eigenvalue weighted by Crippen LogP contribution is 2.27. The summed E-state index contributed by atoms with van der Waals surface area (Å²) in [7, 11) is -2.15. The zero-order chi connectivity index (χ0) is 20.4. The molecule has 0 aliphatic heterocycles. The maximum absolute atomic E-state index is 12.9. The molecule has 146 valence electrons. The fourth-order valence-electron chi connectivity index (χ4n) is 3.04. The summed E-state index contributed by atoms with van der Waals surface area (Å²) in [5.74, 6) is 0.0712. The van der Waals surface area contributed by atoms with Gasteiger partial charge in [0.15, 0.2) is 0 Å². The second-order valence-corrected chi connectivity index (χ2v) is 8.63. The summed E-state index contributed by atoms with van der Waals surface area (Å²) in [6, 6.07) is 9.93. The summed E-state index contributed by atoms with van der Waals surface area (Å²) in [6.45, 7) is 7.24. The Morgan fingerprint density at radius 3 is 2.15 bits per heavy atom. The van der Waals surface area contributed by atoms with Gasteiger partial charge in [-0.1, -0.05) is 12.1 Å². The van der Waals surface area contributed by atoms with Gasteiger partial charge in [0.25, 0.3) is 0 Å². The van der Waals surface area contributed by atoms with E-state index in [0.717, 1.165) is 27.3 Å². The highest BCUT2D eigenvalue weighted by Gasteiger charge is 2.30. The average Bonchev–Trinajstić information content (AvgIpc) is 2.52. The third-order valence-electron chi connectivity index (χ3n) is 4.16. The van der Waals surface area contributed by atoms with Gasteiger partial charge >= 0.3 is 0 Å². The molecule has 1 unspecified atom stereocenters. The Hall–Kier alpha value is -2.54. The number of methoxy groups -OCH3 is 1. The highest BCUT2D eigenvalue weighted by atomic mass is 32.2. The van der Waals surface area contributed by atoms with Crippen molar-refractivity contribution in [2.75, 3.05) is 23.0 Å². The smallest absolute Gasteiger partial charge is 0.248 e. The van der Waals surface area contributed by atoms with E-state index in [1.807, 2.05) is 32.9 Å². The molecule has 6 nitrogen and oxygen atoms in total. The summed E-state index contributed by atoms with van der Waals surface area (Å²) >= 11 is 0. The molecule has 27 heavy (non-hydrogen) atoms. The molecule has 0 saturated carbocycles. The fourth-order valence-corrected chi connectivity index (χ4v) is 4.20. The second-order valence-electron chi connectivity index (χ2n) is 6.77. The monoisotopic (exact) mass is 390 g/mol. The van der Waals surface area contributed by atoms with Gasteiger partial charge in [0.1, 0.15) is 11.8 Å². The lowest BCUT2D eigenvalue weighted by Gasteiger charge is -2.29. The number of anilines is 2. The molecule has 0 aromatic heterocycles. The molecule has 2 aromatic rings. The number of benzene rings is 2. The predicted octanol–water partition coefficient (Wildman–Crippen LogP) is 3.41. The van der Waals surface area contributed by atoms with Crippen molar-refractivity contribution in [2.24, 2.45) is 0 Å². The zero-order valence-electron chi connectivity index (χ0n) is 16.5. The van der Waals surface area contributed by atoms with Gasteiger partial charge in [-0.25, -0.2) is 8.42 Å². The van der Waals surface area contributed by atoms with Crippen LogP contribution in [0.2, 0.25) is 0 Å². The molecule has 0 heterocycles. The van der Waals surface area contributed by atoms with Crippen LogP contribution in [0, 0.1) is 20.8 Å². The van der Waals surface area contributed by atoms with Gasteiger partial charge in [-0.2, -0.15) is 0 Å². The van der Waals surface area contributed by atoms with Crippen molar-refractivity contribution in [3.05, 3.63) is 53.1 Å². The molecular weight excluding hydrogens is 364 g/mol. The van der Waals surface area contributed by atoms with Gasteiger partial charge in [-0.15, -0.1) is 0 Å². The maximum Gasteiger partial charge on any atom is 0.248 e. The van der Waals surface area contributed by atoms with Crippen molar-refractivity contribution in [2.45, 2.75) is 33.7 Å². The summed E-state index contributed by atoms with van der Waals surface area (Å²) < 4.78 is 31.3. The minimum atomic E-state index is -3.67. The molecule has 1 N–H and O–H groups in total. The van der Waals surface area contributed by atoms with Gasteiger partial charge in [0.2, 0.25) is 15.9 Å². The molecule has 7 heteroatoms. The van der Waals surface area contributed by atoms with Crippen molar-refractivity contribution in [1.82, 2.24) is 0 Å². The third kappa shape index (κ3) is 5.01. The number of aryl methyl sites for hydroxylation is 3. The van der Waals surface area contributed by atoms with Crippen LogP contribution in [0.5, 0.6) is 5.75 Å². The number of sulfonamides is 1. The number of carbonyl (C=O) groups excluding carboxylic acids is 1. The molecule has 0 aliphatic carbocycles. The van der Waals surface area contributed by atoms with E-state index in [0.29, 0.717) is 17.1 Å². The molecule has 2 rings (SSSR count). The lowest BCUT2D eigenvalue weighted by molar-refractivity contribution is -0.116. The van der Waals surface area contributed by atoms with E-state index in [-0.39, 0.29) is 0 Å². The first-order chi connectivity index (χ1) is 12.5. The first-order valence-corrected chi connectivity index (χ1v) is 10.4. The molecule has 1 amide bonds. The van der Waals surface area contributed by atoms with Crippen molar-refractivity contribution in [3.8, 4) is 5.75 Å². The van der Waals surface area contributed by atoms with Gasteiger partial charge in [-0.05, 0) is 68.7 Å². The third-order valence-corrected chi connectivity index (χ3v) is 5.40. The van der Waals surface area contributed by atoms with Crippen LogP contribution in [-0.4, -0.2) is 33.7 Å². The normalized spacial score (nSPS) is 12.4. The molecule has 0 aliphatic rings. The van der Waals surface area contributed by atoms with Gasteiger partial charge in [0.05, 0.1) is 24.7 Å². The van der Waals surface area contributed by atoms with E-state index in [1.165, 1.54) is 7.11 Å². The van der Waals surface area contributed by atoms with E-state index in [2.05, 4.69) is 5.32 Å². The van der Waals surface area contributed by atoms with Crippen LogP contribution >= 0.6 is 0 Å². The number of nitrogens with one attached hydrogen (secondary N) is 1. The lowest BCUT2D eigenvalue weighted by atomic mass is 10.1. The number of amides is 1. The van der Waals surface area contributed by atoms with E-state index < -0.39 is 22.0 Å². The molecule has 0 bridgehead atoms. The number of rotatable bonds is 6. The van der Waals surface area contributed by atoms with E-state index in [4.69, 9.17) is 4.74 Å². The van der Waals surface area contributed by atoms with Gasteiger partial charge < -0.3 is 10.1 Å². The fraction of sp³-hybridized carbons (Fsp3) is 0.350. The van der Waals surface area contributed by atoms with Crippen molar-refractivity contribution in [3.63, 3.8) is 0 Å². The number of hydrogen-bond donors (Lipinski definition) is 1. The Labute approximate surface area is 161 Å². The minimum absolute atomic E-state index is 0.441. The van der Waals surface area contributed by atoms with Gasteiger partial charge in [0, 0.05) is 0 Å². The summed E-state index contributed by atoms with van der Waals surface area (Å²) in [5.41, 5.74) is 3.77. The van der Waals surface area contributed by atoms with Crippen molar-refractivity contribution in [1.29, 1.82) is 0 Å². The predicted molar refractivity (Wildman–Crippen MR) is 109 cm³/mol. The molecule has 0 spiro atoms. The van der Waals surface area contributed by atoms with Crippen LogP contribution in [0.1, 0.15) is 23.6 Å². The van der Waals surface area contributed by atoms with Crippen LogP contribution in [0.3, 0.4) is 0 Å². The molecule has 0 radical (unpaired) electrons. The summed E-state index contributed by atoms with van der Waals surface area (Å²) in [5, 5.41) is 2.78. The molecule has 0 saturated heterocycles. The number of hydrogen-bond acceptors (Lipinski definition) is 4. The quantitative estimate of drug-likeness (QED) is 0.820. The summed E-state index contributed by atoms with van der Waals surface area (Å²) in [4.78, 5) is 12.9. The largest absolute Gasteiger partial charge is 0.495 e. The molecular formula is C20H26N2O4S. The van der Waals surface area contributed by atoms with Crippen LogP contribution in [-0.2, 0) is 14.8 Å². The standard InChI is InChI=1S/C20H26N2O4S/c1-13-7-8-19(26-5)18(12-13)21-20(23)16(4)22(27(6,24)25)17-10-14(2)9-15(3)11-17/h7-12,16H,1-6H3,(H,21,23). The minimum Gasteiger partial charge on any atom is -0.495 e. The zero-order valence-corrected chi connectivity index (χ0v) is 17.3. The van der Waals surface area contributed by atoms with E-state index in [9.17, 15) is 13.2 Å². The summed E-state index contributed by atoms with van der Waals surface area (Å²) in [6.07, 6.45) is 1.10. The lowest BCUT2D eigenvalue weighted by Crippen LogP contribution is -2.45. The van der Waals surface area contributed by atoms with Crippen LogP contribution < -0.4 is 14.4 Å². The number of nitrogens with zero attached hydrogens (tertiary/aromatic N) is 1. The van der Waals surface area contributed by atoms with E-state index in [1.54, 1.807) is 31.2 Å². The van der Waals surface area contributed by atoms with E-state index >= 15 is 0 Å².